The van der Waals surface area contributed by atoms with E-state index in [1.54, 1.807) is 19.2 Å². The molecular formula is C19H23N5O2. The van der Waals surface area contributed by atoms with Crippen molar-refractivity contribution in [3.05, 3.63) is 70.3 Å². The predicted octanol–water partition coefficient (Wildman–Crippen LogP) is 2.49. The van der Waals surface area contributed by atoms with Crippen LogP contribution in [-0.4, -0.2) is 49.0 Å². The van der Waals surface area contributed by atoms with Crippen LogP contribution in [0.25, 0.3) is 0 Å². The number of non-ortho nitro benzene ring substituents is 1. The van der Waals surface area contributed by atoms with Crippen LogP contribution in [0.2, 0.25) is 0 Å². The van der Waals surface area contributed by atoms with Gasteiger partial charge in [-0.3, -0.25) is 15.1 Å². The molecule has 7 heteroatoms. The molecule has 0 atom stereocenters. The number of aliphatic imine (C=N–C) groups is 1. The summed E-state index contributed by atoms with van der Waals surface area (Å²) in [5.74, 6) is 0.823. The summed E-state index contributed by atoms with van der Waals surface area (Å²) < 4.78 is 0. The topological polar surface area (TPSA) is 74.0 Å². The Morgan fingerprint density at radius 2 is 1.85 bits per heavy atom. The molecule has 0 spiro atoms. The van der Waals surface area contributed by atoms with Crippen molar-refractivity contribution in [2.45, 2.75) is 6.54 Å². The van der Waals surface area contributed by atoms with Crippen molar-refractivity contribution in [1.29, 1.82) is 0 Å². The molecule has 1 aliphatic rings. The first-order chi connectivity index (χ1) is 12.7. The molecule has 1 fully saturated rings. The summed E-state index contributed by atoms with van der Waals surface area (Å²) in [7, 11) is 1.76. The molecule has 2 aromatic rings. The zero-order valence-corrected chi connectivity index (χ0v) is 14.8. The lowest BCUT2D eigenvalue weighted by molar-refractivity contribution is -0.384. The highest BCUT2D eigenvalue weighted by atomic mass is 16.6. The van der Waals surface area contributed by atoms with Crippen LogP contribution in [0.4, 0.5) is 11.4 Å². The third kappa shape index (κ3) is 4.30. The number of nitro groups is 1. The molecule has 7 nitrogen and oxygen atoms in total. The highest BCUT2D eigenvalue weighted by molar-refractivity contribution is 5.80. The van der Waals surface area contributed by atoms with E-state index in [9.17, 15) is 10.1 Å². The van der Waals surface area contributed by atoms with Gasteiger partial charge in [-0.2, -0.15) is 0 Å². The number of rotatable bonds is 4. The summed E-state index contributed by atoms with van der Waals surface area (Å²) in [4.78, 5) is 19.5. The van der Waals surface area contributed by atoms with Crippen LogP contribution in [-0.2, 0) is 6.54 Å². The summed E-state index contributed by atoms with van der Waals surface area (Å²) in [6.45, 7) is 4.13. The number of benzene rings is 2. The molecule has 136 valence electrons. The Hall–Kier alpha value is -3.09. The number of nitrogens with zero attached hydrogens (tertiary/aromatic N) is 4. The lowest BCUT2D eigenvalue weighted by atomic mass is 10.2. The third-order valence-corrected chi connectivity index (χ3v) is 4.48. The summed E-state index contributed by atoms with van der Waals surface area (Å²) in [6.07, 6.45) is 0. The number of hydrogen-bond acceptors (Lipinski definition) is 4. The maximum absolute atomic E-state index is 10.9. The van der Waals surface area contributed by atoms with E-state index >= 15 is 0 Å². The predicted molar refractivity (Wildman–Crippen MR) is 104 cm³/mol. The number of anilines is 1. The van der Waals surface area contributed by atoms with Gasteiger partial charge in [0.05, 0.1) is 4.92 Å². The molecule has 0 aliphatic carbocycles. The molecule has 1 N–H and O–H groups in total. The maximum Gasteiger partial charge on any atom is 0.269 e. The van der Waals surface area contributed by atoms with Crippen molar-refractivity contribution in [3.8, 4) is 0 Å². The number of para-hydroxylation sites is 1. The first-order valence-electron chi connectivity index (χ1n) is 8.66. The number of hydrogen-bond donors (Lipinski definition) is 1. The van der Waals surface area contributed by atoms with Gasteiger partial charge in [-0.15, -0.1) is 0 Å². The maximum atomic E-state index is 10.9. The zero-order chi connectivity index (χ0) is 18.4. The van der Waals surface area contributed by atoms with Gasteiger partial charge in [0, 0.05) is 57.6 Å². The smallest absolute Gasteiger partial charge is 0.269 e. The Morgan fingerprint density at radius 1 is 1.12 bits per heavy atom. The van der Waals surface area contributed by atoms with E-state index < -0.39 is 0 Å². The monoisotopic (exact) mass is 353 g/mol. The fourth-order valence-electron chi connectivity index (χ4n) is 3.11. The summed E-state index contributed by atoms with van der Waals surface area (Å²) in [6, 6.07) is 17.1. The average Bonchev–Trinajstić information content (AvgIpc) is 2.70. The van der Waals surface area contributed by atoms with Gasteiger partial charge in [0.1, 0.15) is 0 Å². The van der Waals surface area contributed by atoms with E-state index in [1.807, 2.05) is 12.1 Å². The Labute approximate surface area is 153 Å². The molecule has 0 bridgehead atoms. The molecule has 0 radical (unpaired) electrons. The Kier molecular flexibility index (Phi) is 5.68. The summed E-state index contributed by atoms with van der Waals surface area (Å²) >= 11 is 0. The highest BCUT2D eigenvalue weighted by Crippen LogP contribution is 2.16. The van der Waals surface area contributed by atoms with Gasteiger partial charge in [-0.25, -0.2) is 0 Å². The van der Waals surface area contributed by atoms with Crippen LogP contribution in [0.15, 0.2) is 59.6 Å². The van der Waals surface area contributed by atoms with Crippen LogP contribution in [0, 0.1) is 10.1 Å². The third-order valence-electron chi connectivity index (χ3n) is 4.48. The second-order valence-electron chi connectivity index (χ2n) is 6.14. The van der Waals surface area contributed by atoms with Crippen LogP contribution < -0.4 is 10.2 Å². The van der Waals surface area contributed by atoms with Crippen LogP contribution in [0.3, 0.4) is 0 Å². The van der Waals surface area contributed by atoms with Crippen molar-refractivity contribution in [1.82, 2.24) is 10.2 Å². The lowest BCUT2D eigenvalue weighted by Gasteiger charge is -2.37. The number of piperazine rings is 1. The molecule has 1 aliphatic heterocycles. The fourth-order valence-corrected chi connectivity index (χ4v) is 3.11. The minimum atomic E-state index is -0.374. The fraction of sp³-hybridized carbons (Fsp3) is 0.316. The second-order valence-corrected chi connectivity index (χ2v) is 6.14. The lowest BCUT2D eigenvalue weighted by Crippen LogP contribution is -2.52. The van der Waals surface area contributed by atoms with Gasteiger partial charge in [0.2, 0.25) is 0 Å². The number of nitrogens with one attached hydrogen (secondary N) is 1. The van der Waals surface area contributed by atoms with Crippen molar-refractivity contribution in [2.24, 2.45) is 4.99 Å². The molecule has 26 heavy (non-hydrogen) atoms. The Morgan fingerprint density at radius 3 is 2.50 bits per heavy atom. The first-order valence-corrected chi connectivity index (χ1v) is 8.66. The molecule has 3 rings (SSSR count). The molecule has 0 unspecified atom stereocenters. The summed E-state index contributed by atoms with van der Waals surface area (Å²) in [5, 5.41) is 14.2. The van der Waals surface area contributed by atoms with E-state index in [0.29, 0.717) is 6.54 Å². The molecule has 0 amide bonds. The van der Waals surface area contributed by atoms with E-state index in [-0.39, 0.29) is 10.6 Å². The van der Waals surface area contributed by atoms with Gasteiger partial charge >= 0.3 is 0 Å². The van der Waals surface area contributed by atoms with Crippen molar-refractivity contribution in [2.75, 3.05) is 38.1 Å². The van der Waals surface area contributed by atoms with Crippen molar-refractivity contribution >= 4 is 17.3 Å². The number of nitro benzene ring substituents is 1. The Bertz CT molecular complexity index is 771. The first kappa shape index (κ1) is 17.7. The van der Waals surface area contributed by atoms with Gasteiger partial charge < -0.3 is 15.1 Å². The molecule has 1 saturated heterocycles. The van der Waals surface area contributed by atoms with E-state index in [2.05, 4.69) is 44.4 Å². The summed E-state index contributed by atoms with van der Waals surface area (Å²) in [5.41, 5.74) is 2.21. The van der Waals surface area contributed by atoms with Gasteiger partial charge in [-0.1, -0.05) is 30.3 Å². The van der Waals surface area contributed by atoms with Crippen molar-refractivity contribution in [3.63, 3.8) is 0 Å². The minimum Gasteiger partial charge on any atom is -0.368 e. The molecule has 0 aromatic heterocycles. The van der Waals surface area contributed by atoms with Gasteiger partial charge in [0.25, 0.3) is 5.69 Å². The van der Waals surface area contributed by atoms with E-state index in [0.717, 1.165) is 37.7 Å². The molecule has 2 aromatic carbocycles. The van der Waals surface area contributed by atoms with Crippen molar-refractivity contribution < 1.29 is 4.92 Å². The Balaban J connectivity index is 1.55. The minimum absolute atomic E-state index is 0.107. The van der Waals surface area contributed by atoms with Gasteiger partial charge in [0.15, 0.2) is 5.96 Å². The van der Waals surface area contributed by atoms with Crippen LogP contribution in [0.5, 0.6) is 0 Å². The average molecular weight is 353 g/mol. The highest BCUT2D eigenvalue weighted by Gasteiger charge is 2.19. The molecule has 1 heterocycles. The van der Waals surface area contributed by atoms with Crippen LogP contribution >= 0.6 is 0 Å². The quantitative estimate of drug-likeness (QED) is 0.396. The normalized spacial score (nSPS) is 15.0. The zero-order valence-electron chi connectivity index (χ0n) is 14.8. The SMILES string of the molecule is CN=C(NCc1cccc([N+](=O)[O-])c1)N1CCN(c2ccccc2)CC1. The standard InChI is InChI=1S/C19H23N5O2/c1-20-19(21-15-16-6-5-9-18(14-16)24(25)26)23-12-10-22(11-13-23)17-7-3-2-4-8-17/h2-9,14H,10-13,15H2,1H3,(H,20,21). The second kappa shape index (κ2) is 8.33. The van der Waals surface area contributed by atoms with Gasteiger partial charge in [-0.05, 0) is 17.7 Å². The largest absolute Gasteiger partial charge is 0.368 e. The van der Waals surface area contributed by atoms with E-state index in [4.69, 9.17) is 0 Å². The molecule has 0 saturated carbocycles. The molecular weight excluding hydrogens is 330 g/mol. The van der Waals surface area contributed by atoms with E-state index in [1.165, 1.54) is 11.8 Å². The number of guanidine groups is 1. The van der Waals surface area contributed by atoms with Crippen LogP contribution in [0.1, 0.15) is 5.56 Å².